The van der Waals surface area contributed by atoms with Gasteiger partial charge >= 0.3 is 33.6 Å². The van der Waals surface area contributed by atoms with Crippen LogP contribution in [0.5, 0.6) is 0 Å². The molecule has 0 aromatic carbocycles. The number of carbonyl (C=O) groups excluding carboxylic acids is 3. The van der Waals surface area contributed by atoms with E-state index in [4.69, 9.17) is 32.3 Å². The Morgan fingerprint density at radius 1 is 0.326 bits per heavy atom. The summed E-state index contributed by atoms with van der Waals surface area (Å²) in [5, 5.41) is 20.5. The van der Waals surface area contributed by atoms with Crippen LogP contribution in [0.15, 0.2) is 170 Å². The van der Waals surface area contributed by atoms with Gasteiger partial charge in [0.15, 0.2) is 6.10 Å². The van der Waals surface area contributed by atoms with E-state index in [0.717, 1.165) is 135 Å². The van der Waals surface area contributed by atoms with Gasteiger partial charge in [0, 0.05) is 19.3 Å². The maximum Gasteiger partial charge on any atom is 0.472 e. The number of aliphatic hydroxyl groups is 2. The Morgan fingerprint density at radius 3 is 1.03 bits per heavy atom. The van der Waals surface area contributed by atoms with Gasteiger partial charge in [-0.2, -0.15) is 0 Å². The van der Waals surface area contributed by atoms with Crippen molar-refractivity contribution >= 4 is 33.6 Å². The molecule has 0 aliphatic heterocycles. The molecule has 0 saturated heterocycles. The summed E-state index contributed by atoms with van der Waals surface area (Å²) in [5.74, 6) is -1.75. The molecule has 18 heteroatoms. The third kappa shape index (κ3) is 64.3. The normalized spacial score (nSPS) is 15.4. The van der Waals surface area contributed by atoms with Crippen molar-refractivity contribution in [2.45, 2.75) is 219 Å². The second-order valence-corrected chi connectivity index (χ2v) is 23.7. The quantitative estimate of drug-likeness (QED) is 0.0146. The molecule has 0 amide bonds. The first kappa shape index (κ1) is 83.9. The molecular formula is C71H112O16P2. The summed E-state index contributed by atoms with van der Waals surface area (Å²) in [4.78, 5) is 58.2. The van der Waals surface area contributed by atoms with E-state index in [-0.39, 0.29) is 19.3 Å². The van der Waals surface area contributed by atoms with Gasteiger partial charge in [0.2, 0.25) is 0 Å². The highest BCUT2D eigenvalue weighted by Crippen LogP contribution is 2.45. The van der Waals surface area contributed by atoms with Gasteiger partial charge in [0.1, 0.15) is 25.4 Å². The minimum atomic E-state index is -4.95. The van der Waals surface area contributed by atoms with Gasteiger partial charge in [-0.3, -0.25) is 32.5 Å². The fourth-order valence-electron chi connectivity index (χ4n) is 7.52. The molecule has 0 radical (unpaired) electrons. The minimum Gasteiger partial charge on any atom is -0.463 e. The third-order valence-electron chi connectivity index (χ3n) is 12.4. The average molecular weight is 1280 g/mol. The van der Waals surface area contributed by atoms with E-state index in [9.17, 15) is 43.5 Å². The van der Waals surface area contributed by atoms with E-state index in [1.165, 1.54) is 0 Å². The fourth-order valence-corrected chi connectivity index (χ4v) is 9.10. The number of phosphoric acid groups is 2. The Hall–Kier alpha value is -5.09. The molecule has 0 fully saturated rings. The largest absolute Gasteiger partial charge is 0.472 e. The van der Waals surface area contributed by atoms with Gasteiger partial charge in [0.25, 0.3) is 0 Å². The van der Waals surface area contributed by atoms with Gasteiger partial charge in [-0.25, -0.2) is 9.13 Å². The Bertz CT molecular complexity index is 2300. The van der Waals surface area contributed by atoms with Crippen molar-refractivity contribution in [3.63, 3.8) is 0 Å². The molecule has 89 heavy (non-hydrogen) atoms. The predicted octanol–water partition coefficient (Wildman–Crippen LogP) is 17.7. The zero-order chi connectivity index (χ0) is 65.3. The SMILES string of the molecule is CC/C=C\C/C=C\C/C=C\C/C=C\C/C=C\C/C=C\CCCCC(=O)OCC(O)COP(=O)(O)OCC(O)COP(=O)(O)OCC(COC(=O)CC/C=C\C/C=C\C/C=C\C/C=C\C/C=C\C/C=C\CC)OC(=O)CCCCCCC/C=C\C/C=C\CCC. The van der Waals surface area contributed by atoms with Gasteiger partial charge in [-0.15, -0.1) is 0 Å². The van der Waals surface area contributed by atoms with Crippen molar-refractivity contribution in [3.8, 4) is 0 Å². The molecule has 5 atom stereocenters. The predicted molar refractivity (Wildman–Crippen MR) is 362 cm³/mol. The standard InChI is InChI=1S/C71H112O16P2/c1-4-7-10-13-16-19-22-25-27-29-31-32-34-36-37-40-42-45-48-51-54-57-69(74)81-60-66(72)61-83-88(77,78)84-62-67(73)63-85-89(79,80)86-65-68(87-71(76)59-56-53-50-47-44-39-24-21-18-15-12-9-6-3)64-82-70(75)58-55-52-49-46-43-41-38-35-33-30-28-26-23-20-17-14-11-8-5-2/h7-8,10-12,15-17,19-21,24-28,31-33,35-37,41-43,45,49,52,66-68,72-73H,4-6,9,13-14,18,22-23,29-30,34,38-40,44,46-48,50-51,53-65H2,1-3H3,(H,77,78)(H,79,80)/b10-7-,11-8-,15-12-,19-16-,20-17-,24-21-,27-25-,28-26-,32-31-,35-33-,37-36-,43-41-,45-42-,52-49-. The maximum atomic E-state index is 12.9. The number of ether oxygens (including phenoxy) is 3. The number of rotatable bonds is 59. The zero-order valence-corrected chi connectivity index (χ0v) is 55.8. The lowest BCUT2D eigenvalue weighted by molar-refractivity contribution is -0.161. The number of esters is 3. The number of aliphatic hydroxyl groups excluding tert-OH is 2. The van der Waals surface area contributed by atoms with Crippen LogP contribution in [-0.2, 0) is 55.8 Å². The lowest BCUT2D eigenvalue weighted by Crippen LogP contribution is -2.30. The number of unbranched alkanes of at least 4 members (excludes halogenated alkanes) is 8. The van der Waals surface area contributed by atoms with Crippen LogP contribution in [0.25, 0.3) is 0 Å². The van der Waals surface area contributed by atoms with Crippen LogP contribution in [0.3, 0.4) is 0 Å². The molecule has 0 rings (SSSR count). The smallest absolute Gasteiger partial charge is 0.463 e. The molecule has 502 valence electrons. The molecule has 0 aliphatic rings. The Morgan fingerprint density at radius 2 is 0.618 bits per heavy atom. The van der Waals surface area contributed by atoms with E-state index in [1.807, 2.05) is 18.2 Å². The number of allylic oxidation sites excluding steroid dienone is 28. The minimum absolute atomic E-state index is 0.0343. The van der Waals surface area contributed by atoms with Crippen molar-refractivity contribution in [2.24, 2.45) is 0 Å². The number of phosphoric ester groups is 2. The Labute approximate surface area is 535 Å². The first-order valence-corrected chi connectivity index (χ1v) is 35.4. The second-order valence-electron chi connectivity index (χ2n) is 20.8. The van der Waals surface area contributed by atoms with Crippen LogP contribution in [0.2, 0.25) is 0 Å². The molecule has 5 unspecified atom stereocenters. The Balaban J connectivity index is 4.78. The summed E-state index contributed by atoms with van der Waals surface area (Å²) in [7, 11) is -9.82. The van der Waals surface area contributed by atoms with E-state index in [2.05, 4.69) is 173 Å². The molecule has 4 N–H and O–H groups in total. The highest BCUT2D eigenvalue weighted by molar-refractivity contribution is 7.47. The Kier molecular flexibility index (Phi) is 59.5. The lowest BCUT2D eigenvalue weighted by Gasteiger charge is -2.21. The van der Waals surface area contributed by atoms with Crippen LogP contribution < -0.4 is 0 Å². The lowest BCUT2D eigenvalue weighted by atomic mass is 10.1. The molecule has 0 aliphatic carbocycles. The van der Waals surface area contributed by atoms with Crippen molar-refractivity contribution in [3.05, 3.63) is 170 Å². The van der Waals surface area contributed by atoms with E-state index in [0.29, 0.717) is 25.7 Å². The second kappa shape index (κ2) is 63.1. The summed E-state index contributed by atoms with van der Waals surface area (Å²) < 4.78 is 60.6. The van der Waals surface area contributed by atoms with Crippen molar-refractivity contribution in [1.29, 1.82) is 0 Å². The van der Waals surface area contributed by atoms with E-state index >= 15 is 0 Å². The summed E-state index contributed by atoms with van der Waals surface area (Å²) in [6.45, 7) is 2.16. The highest BCUT2D eigenvalue weighted by Gasteiger charge is 2.29. The number of carbonyl (C=O) groups is 3. The van der Waals surface area contributed by atoms with Crippen molar-refractivity contribution in [1.82, 2.24) is 0 Å². The molecule has 0 spiro atoms. The van der Waals surface area contributed by atoms with Gasteiger partial charge in [0.05, 0.1) is 26.4 Å². The van der Waals surface area contributed by atoms with E-state index < -0.39 is 91.5 Å². The molecule has 16 nitrogen and oxygen atoms in total. The summed E-state index contributed by atoms with van der Waals surface area (Å²) in [5.41, 5.74) is 0. The maximum absolute atomic E-state index is 12.9. The summed E-state index contributed by atoms with van der Waals surface area (Å²) in [6, 6.07) is 0. The van der Waals surface area contributed by atoms with E-state index in [1.54, 1.807) is 0 Å². The van der Waals surface area contributed by atoms with Crippen LogP contribution in [-0.4, -0.2) is 95.9 Å². The van der Waals surface area contributed by atoms with Crippen LogP contribution in [0.4, 0.5) is 0 Å². The summed E-state index contributed by atoms with van der Waals surface area (Å²) >= 11 is 0. The highest BCUT2D eigenvalue weighted by atomic mass is 31.2. The third-order valence-corrected chi connectivity index (χ3v) is 14.3. The average Bonchev–Trinajstić information content (AvgIpc) is 3.55. The molecule has 0 aromatic heterocycles. The molecule has 0 heterocycles. The van der Waals surface area contributed by atoms with Crippen LogP contribution in [0, 0.1) is 0 Å². The van der Waals surface area contributed by atoms with Crippen molar-refractivity contribution in [2.75, 3.05) is 39.6 Å². The monoisotopic (exact) mass is 1280 g/mol. The van der Waals surface area contributed by atoms with Crippen LogP contribution >= 0.6 is 15.6 Å². The van der Waals surface area contributed by atoms with Gasteiger partial charge in [-0.05, 0) is 135 Å². The fraction of sp³-hybridized carbons (Fsp3) is 0.563. The zero-order valence-electron chi connectivity index (χ0n) is 54.0. The summed E-state index contributed by atoms with van der Waals surface area (Å²) in [6.07, 6.45) is 77.2. The van der Waals surface area contributed by atoms with Crippen LogP contribution in [0.1, 0.15) is 201 Å². The van der Waals surface area contributed by atoms with Crippen molar-refractivity contribution < 1.29 is 75.8 Å². The topological polar surface area (TPSA) is 231 Å². The molecular weight excluding hydrogens is 1170 g/mol. The van der Waals surface area contributed by atoms with Gasteiger partial charge in [-0.1, -0.05) is 217 Å². The van der Waals surface area contributed by atoms with Gasteiger partial charge < -0.3 is 34.2 Å². The number of hydrogen-bond donors (Lipinski definition) is 4. The first-order chi connectivity index (χ1) is 43.2. The first-order valence-electron chi connectivity index (χ1n) is 32.4. The molecule has 0 saturated carbocycles. The number of hydrogen-bond acceptors (Lipinski definition) is 14. The molecule has 0 aromatic rings. The molecule has 0 bridgehead atoms.